The summed E-state index contributed by atoms with van der Waals surface area (Å²) in [5.41, 5.74) is 2.97. The average molecular weight is 400 g/mol. The fourth-order valence-corrected chi connectivity index (χ4v) is 3.25. The third kappa shape index (κ3) is 4.12. The van der Waals surface area contributed by atoms with Gasteiger partial charge in [0.1, 0.15) is 11.5 Å². The third-order valence-corrected chi connectivity index (χ3v) is 4.72. The lowest BCUT2D eigenvalue weighted by molar-refractivity contribution is 0.102. The van der Waals surface area contributed by atoms with E-state index in [4.69, 9.17) is 21.1 Å². The van der Waals surface area contributed by atoms with E-state index in [1.165, 1.54) is 14.2 Å². The Bertz CT molecular complexity index is 971. The van der Waals surface area contributed by atoms with Crippen LogP contribution in [0.1, 0.15) is 28.5 Å². The maximum atomic E-state index is 12.9. The van der Waals surface area contributed by atoms with Crippen molar-refractivity contribution in [1.29, 1.82) is 0 Å². The molecule has 2 aromatic carbocycles. The number of hydrogen-bond acceptors (Lipinski definition) is 4. The molecule has 0 spiro atoms. The minimum Gasteiger partial charge on any atom is -0.495 e. The van der Waals surface area contributed by atoms with Crippen LogP contribution in [0.25, 0.3) is 0 Å². The third-order valence-electron chi connectivity index (χ3n) is 4.43. The monoisotopic (exact) mass is 399 g/mol. The van der Waals surface area contributed by atoms with Gasteiger partial charge in [0.2, 0.25) is 0 Å². The van der Waals surface area contributed by atoms with Crippen molar-refractivity contribution in [3.05, 3.63) is 70.5 Å². The number of amides is 1. The summed E-state index contributed by atoms with van der Waals surface area (Å²) in [4.78, 5) is 12.9. The molecule has 0 saturated carbocycles. The fourth-order valence-electron chi connectivity index (χ4n) is 3.01. The van der Waals surface area contributed by atoms with E-state index in [-0.39, 0.29) is 5.91 Å². The number of anilines is 1. The van der Waals surface area contributed by atoms with Gasteiger partial charge in [-0.15, -0.1) is 0 Å². The van der Waals surface area contributed by atoms with Gasteiger partial charge in [0.25, 0.3) is 5.91 Å². The summed E-state index contributed by atoms with van der Waals surface area (Å²) in [5, 5.41) is 7.66. The van der Waals surface area contributed by atoms with Crippen LogP contribution >= 0.6 is 11.6 Å². The maximum absolute atomic E-state index is 12.9. The molecule has 0 saturated heterocycles. The van der Waals surface area contributed by atoms with Crippen molar-refractivity contribution in [2.45, 2.75) is 19.9 Å². The highest BCUT2D eigenvalue weighted by molar-refractivity contribution is 6.32. The molecular weight excluding hydrogens is 378 g/mol. The van der Waals surface area contributed by atoms with Crippen LogP contribution in [0.4, 0.5) is 5.69 Å². The van der Waals surface area contributed by atoms with Crippen molar-refractivity contribution in [2.75, 3.05) is 19.5 Å². The second-order valence-electron chi connectivity index (χ2n) is 6.14. The number of benzene rings is 2. The smallest absolute Gasteiger partial charge is 0.259 e. The van der Waals surface area contributed by atoms with Crippen molar-refractivity contribution in [1.82, 2.24) is 9.78 Å². The number of methoxy groups -OCH3 is 2. The Morgan fingerprint density at radius 1 is 1.14 bits per heavy atom. The number of nitrogens with zero attached hydrogens (tertiary/aromatic N) is 2. The fraction of sp³-hybridized carbons (Fsp3) is 0.238. The van der Waals surface area contributed by atoms with Crippen LogP contribution in [0.15, 0.2) is 48.7 Å². The lowest BCUT2D eigenvalue weighted by Gasteiger charge is -2.13. The van der Waals surface area contributed by atoms with Gasteiger partial charge >= 0.3 is 0 Å². The van der Waals surface area contributed by atoms with Crippen LogP contribution in [0.3, 0.4) is 0 Å². The number of halogens is 1. The van der Waals surface area contributed by atoms with Gasteiger partial charge in [0.05, 0.1) is 48.9 Å². The predicted octanol–water partition coefficient (Wildman–Crippen LogP) is 4.42. The lowest BCUT2D eigenvalue weighted by atomic mass is 10.1. The van der Waals surface area contributed by atoms with Gasteiger partial charge in [0, 0.05) is 6.07 Å². The molecule has 6 nitrogen and oxygen atoms in total. The molecule has 146 valence electrons. The second kappa shape index (κ2) is 8.80. The molecule has 0 radical (unpaired) electrons. The summed E-state index contributed by atoms with van der Waals surface area (Å²) >= 11 is 6.19. The van der Waals surface area contributed by atoms with E-state index >= 15 is 0 Å². The first-order valence-electron chi connectivity index (χ1n) is 8.88. The molecule has 1 aromatic heterocycles. The second-order valence-corrected chi connectivity index (χ2v) is 6.55. The molecule has 28 heavy (non-hydrogen) atoms. The molecule has 3 rings (SSSR count). The first kappa shape index (κ1) is 19.8. The summed E-state index contributed by atoms with van der Waals surface area (Å²) in [5.74, 6) is 0.668. The van der Waals surface area contributed by atoms with Gasteiger partial charge in [-0.05, 0) is 18.1 Å². The van der Waals surface area contributed by atoms with Crippen molar-refractivity contribution < 1.29 is 14.3 Å². The summed E-state index contributed by atoms with van der Waals surface area (Å²) < 4.78 is 12.4. The van der Waals surface area contributed by atoms with Gasteiger partial charge in [-0.3, -0.25) is 9.48 Å². The van der Waals surface area contributed by atoms with Crippen LogP contribution in [0.5, 0.6) is 11.5 Å². The Hall–Kier alpha value is -2.99. The molecule has 3 aromatic rings. The van der Waals surface area contributed by atoms with Crippen molar-refractivity contribution in [3.8, 4) is 11.5 Å². The van der Waals surface area contributed by atoms with Crippen LogP contribution in [0, 0.1) is 0 Å². The van der Waals surface area contributed by atoms with Crippen molar-refractivity contribution in [2.24, 2.45) is 0 Å². The Morgan fingerprint density at radius 2 is 1.86 bits per heavy atom. The Balaban J connectivity index is 1.86. The first-order chi connectivity index (χ1) is 13.6. The minimum atomic E-state index is -0.268. The van der Waals surface area contributed by atoms with E-state index < -0.39 is 0 Å². The molecule has 0 unspecified atom stereocenters. The van der Waals surface area contributed by atoms with Gasteiger partial charge in [0.15, 0.2) is 0 Å². The highest BCUT2D eigenvalue weighted by Crippen LogP contribution is 2.36. The Labute approximate surface area is 169 Å². The number of hydrogen-bond donors (Lipinski definition) is 1. The zero-order valence-electron chi connectivity index (χ0n) is 16.0. The highest BCUT2D eigenvalue weighted by atomic mass is 35.5. The van der Waals surface area contributed by atoms with Gasteiger partial charge in [-0.1, -0.05) is 48.9 Å². The molecule has 7 heteroatoms. The van der Waals surface area contributed by atoms with E-state index in [0.29, 0.717) is 40.7 Å². The first-order valence-corrected chi connectivity index (χ1v) is 9.26. The van der Waals surface area contributed by atoms with E-state index in [0.717, 1.165) is 11.3 Å². The van der Waals surface area contributed by atoms with Gasteiger partial charge in [-0.2, -0.15) is 5.10 Å². The zero-order valence-corrected chi connectivity index (χ0v) is 16.8. The summed E-state index contributed by atoms with van der Waals surface area (Å²) in [6, 6.07) is 13.2. The molecule has 1 heterocycles. The van der Waals surface area contributed by atoms with Crippen LogP contribution in [-0.2, 0) is 13.0 Å². The largest absolute Gasteiger partial charge is 0.495 e. The molecule has 0 bridgehead atoms. The van der Waals surface area contributed by atoms with Gasteiger partial charge < -0.3 is 14.8 Å². The van der Waals surface area contributed by atoms with E-state index in [2.05, 4.69) is 10.4 Å². The zero-order chi connectivity index (χ0) is 20.1. The number of carbonyl (C=O) groups excluding carboxylic acids is 1. The van der Waals surface area contributed by atoms with Crippen molar-refractivity contribution >= 4 is 23.2 Å². The number of aromatic nitrogens is 2. The van der Waals surface area contributed by atoms with E-state index in [1.807, 2.05) is 41.9 Å². The molecule has 0 atom stereocenters. The van der Waals surface area contributed by atoms with E-state index in [9.17, 15) is 4.79 Å². The molecular formula is C21H22ClN3O3. The highest BCUT2D eigenvalue weighted by Gasteiger charge is 2.19. The molecule has 0 fully saturated rings. The summed E-state index contributed by atoms with van der Waals surface area (Å²) in [6.07, 6.45) is 2.27. The Kier molecular flexibility index (Phi) is 6.21. The number of nitrogens with one attached hydrogen (secondary N) is 1. The molecule has 1 amide bonds. The number of ether oxygens (including phenoxy) is 2. The van der Waals surface area contributed by atoms with Crippen LogP contribution in [-0.4, -0.2) is 29.9 Å². The lowest BCUT2D eigenvalue weighted by Crippen LogP contribution is -2.15. The van der Waals surface area contributed by atoms with Gasteiger partial charge in [-0.25, -0.2) is 0 Å². The summed E-state index contributed by atoms with van der Waals surface area (Å²) in [6.45, 7) is 2.61. The van der Waals surface area contributed by atoms with Crippen LogP contribution in [0.2, 0.25) is 5.02 Å². The Morgan fingerprint density at radius 3 is 2.50 bits per heavy atom. The molecule has 1 N–H and O–H groups in total. The molecule has 0 aliphatic rings. The minimum absolute atomic E-state index is 0.268. The molecule has 0 aliphatic heterocycles. The summed E-state index contributed by atoms with van der Waals surface area (Å²) in [7, 11) is 3.04. The molecule has 0 aliphatic carbocycles. The average Bonchev–Trinajstić information content (AvgIpc) is 3.11. The van der Waals surface area contributed by atoms with E-state index in [1.54, 1.807) is 18.3 Å². The van der Waals surface area contributed by atoms with Crippen LogP contribution < -0.4 is 14.8 Å². The van der Waals surface area contributed by atoms with Crippen molar-refractivity contribution in [3.63, 3.8) is 0 Å². The number of carbonyl (C=O) groups is 1. The standard InChI is InChI=1S/C21H22ClN3O3/c1-4-18-15(12-23-25(18)13-14-8-6-5-7-9-14)21(26)24-17-10-16(22)19(27-2)11-20(17)28-3/h5-12H,4,13H2,1-3H3,(H,24,26). The SMILES string of the molecule is CCc1c(C(=O)Nc2cc(Cl)c(OC)cc2OC)cnn1Cc1ccccc1. The number of rotatable bonds is 7. The predicted molar refractivity (Wildman–Crippen MR) is 110 cm³/mol. The maximum Gasteiger partial charge on any atom is 0.259 e. The normalized spacial score (nSPS) is 10.6. The quantitative estimate of drug-likeness (QED) is 0.638. The topological polar surface area (TPSA) is 65.4 Å².